The predicted molar refractivity (Wildman–Crippen MR) is 56.1 cm³/mol. The number of nitrogens with zero attached hydrogens (tertiary/aromatic N) is 3. The summed E-state index contributed by atoms with van der Waals surface area (Å²) in [5, 5.41) is 13.7. The molecule has 0 radical (unpaired) electrons. The van der Waals surface area contributed by atoms with Crippen LogP contribution in [0.4, 0.5) is 0 Å². The Kier molecular flexibility index (Phi) is 4.76. The van der Waals surface area contributed by atoms with Crippen LogP contribution in [0.15, 0.2) is 6.33 Å². The number of amides is 1. The summed E-state index contributed by atoms with van der Waals surface area (Å²) in [5.74, 6) is 0.911. The molecule has 15 heavy (non-hydrogen) atoms. The average Bonchev–Trinajstić information content (AvgIpc) is 2.64. The molecule has 1 heterocycles. The first-order valence-electron chi connectivity index (χ1n) is 5.06. The molecule has 2 N–H and O–H groups in total. The molecule has 0 aliphatic rings. The first-order valence-corrected chi connectivity index (χ1v) is 5.06. The third kappa shape index (κ3) is 4.07. The topological polar surface area (TPSA) is 71.8 Å². The van der Waals surface area contributed by atoms with Crippen molar-refractivity contribution in [2.75, 3.05) is 13.1 Å². The maximum Gasteiger partial charge on any atom is 0.216 e. The molecule has 0 aromatic carbocycles. The summed E-state index contributed by atoms with van der Waals surface area (Å²) < 4.78 is 1.98. The number of aryl methyl sites for hydroxylation is 1. The second kappa shape index (κ2) is 6.13. The van der Waals surface area contributed by atoms with E-state index < -0.39 is 0 Å². The standard InChI is InChI=1S/C9H17N5O/c1-3-14-7-12-13-9(14)6-10-4-5-11-8(2)15/h7,10H,3-6H2,1-2H3,(H,11,15). The summed E-state index contributed by atoms with van der Waals surface area (Å²) in [6.07, 6.45) is 1.71. The molecule has 0 atom stereocenters. The number of nitrogens with one attached hydrogen (secondary N) is 2. The van der Waals surface area contributed by atoms with Crippen LogP contribution in [0.2, 0.25) is 0 Å². The SMILES string of the molecule is CCn1cnnc1CNCCNC(C)=O. The van der Waals surface area contributed by atoms with E-state index >= 15 is 0 Å². The number of hydrogen-bond acceptors (Lipinski definition) is 4. The van der Waals surface area contributed by atoms with Gasteiger partial charge in [0.15, 0.2) is 0 Å². The van der Waals surface area contributed by atoms with Crippen molar-refractivity contribution >= 4 is 5.91 Å². The van der Waals surface area contributed by atoms with Crippen LogP contribution in [0.5, 0.6) is 0 Å². The Bertz CT molecular complexity index is 309. The molecular formula is C9H17N5O. The Morgan fingerprint density at radius 1 is 1.53 bits per heavy atom. The highest BCUT2D eigenvalue weighted by Crippen LogP contribution is 1.92. The molecule has 1 rings (SSSR count). The van der Waals surface area contributed by atoms with E-state index in [1.807, 2.05) is 11.5 Å². The molecular weight excluding hydrogens is 194 g/mol. The fourth-order valence-corrected chi connectivity index (χ4v) is 1.21. The maximum atomic E-state index is 10.6. The van der Waals surface area contributed by atoms with Crippen LogP contribution < -0.4 is 10.6 Å². The van der Waals surface area contributed by atoms with Crippen LogP contribution in [0, 0.1) is 0 Å². The van der Waals surface area contributed by atoms with Gasteiger partial charge in [-0.1, -0.05) is 0 Å². The van der Waals surface area contributed by atoms with E-state index in [1.165, 1.54) is 6.92 Å². The molecule has 6 heteroatoms. The van der Waals surface area contributed by atoms with Gasteiger partial charge in [0.1, 0.15) is 12.2 Å². The van der Waals surface area contributed by atoms with Crippen molar-refractivity contribution in [2.45, 2.75) is 26.9 Å². The summed E-state index contributed by atoms with van der Waals surface area (Å²) in [4.78, 5) is 10.6. The molecule has 0 aliphatic heterocycles. The number of hydrogen-bond donors (Lipinski definition) is 2. The lowest BCUT2D eigenvalue weighted by molar-refractivity contribution is -0.118. The molecule has 0 saturated heterocycles. The highest BCUT2D eigenvalue weighted by atomic mass is 16.1. The van der Waals surface area contributed by atoms with E-state index in [0.717, 1.165) is 18.9 Å². The van der Waals surface area contributed by atoms with Crippen molar-refractivity contribution in [2.24, 2.45) is 0 Å². The Balaban J connectivity index is 2.17. The zero-order valence-electron chi connectivity index (χ0n) is 9.16. The first-order chi connectivity index (χ1) is 7.24. The van der Waals surface area contributed by atoms with Gasteiger partial charge in [0.25, 0.3) is 0 Å². The van der Waals surface area contributed by atoms with Crippen molar-refractivity contribution in [1.29, 1.82) is 0 Å². The van der Waals surface area contributed by atoms with Gasteiger partial charge in [0.2, 0.25) is 5.91 Å². The lowest BCUT2D eigenvalue weighted by atomic mass is 10.5. The van der Waals surface area contributed by atoms with Gasteiger partial charge in [-0.3, -0.25) is 4.79 Å². The Morgan fingerprint density at radius 3 is 3.00 bits per heavy atom. The lowest BCUT2D eigenvalue weighted by Crippen LogP contribution is -2.30. The minimum atomic E-state index is -0.00600. The van der Waals surface area contributed by atoms with Crippen LogP contribution >= 0.6 is 0 Å². The molecule has 0 unspecified atom stereocenters. The van der Waals surface area contributed by atoms with Crippen molar-refractivity contribution in [3.05, 3.63) is 12.2 Å². The summed E-state index contributed by atoms with van der Waals surface area (Å²) in [7, 11) is 0. The number of aromatic nitrogens is 3. The Labute approximate surface area is 89.1 Å². The van der Waals surface area contributed by atoms with E-state index in [9.17, 15) is 4.79 Å². The van der Waals surface area contributed by atoms with Crippen molar-refractivity contribution in [3.63, 3.8) is 0 Å². The fourth-order valence-electron chi connectivity index (χ4n) is 1.21. The van der Waals surface area contributed by atoms with Crippen LogP contribution in [0.1, 0.15) is 19.7 Å². The van der Waals surface area contributed by atoms with E-state index in [1.54, 1.807) is 6.33 Å². The quantitative estimate of drug-likeness (QED) is 0.624. The summed E-state index contributed by atoms with van der Waals surface area (Å²) in [6.45, 7) is 6.47. The fraction of sp³-hybridized carbons (Fsp3) is 0.667. The first kappa shape index (κ1) is 11.6. The Morgan fingerprint density at radius 2 is 2.33 bits per heavy atom. The van der Waals surface area contributed by atoms with Crippen LogP contribution in [0.25, 0.3) is 0 Å². The predicted octanol–water partition coefficient (Wildman–Crippen LogP) is -0.476. The van der Waals surface area contributed by atoms with Gasteiger partial charge in [-0.25, -0.2) is 0 Å². The third-order valence-electron chi connectivity index (χ3n) is 2.00. The van der Waals surface area contributed by atoms with Crippen LogP contribution in [-0.4, -0.2) is 33.8 Å². The smallest absolute Gasteiger partial charge is 0.216 e. The highest BCUT2D eigenvalue weighted by molar-refractivity contribution is 5.72. The third-order valence-corrected chi connectivity index (χ3v) is 2.00. The van der Waals surface area contributed by atoms with Gasteiger partial charge < -0.3 is 15.2 Å². The molecule has 0 spiro atoms. The molecule has 84 valence electrons. The average molecular weight is 211 g/mol. The van der Waals surface area contributed by atoms with Gasteiger partial charge in [0.05, 0.1) is 6.54 Å². The van der Waals surface area contributed by atoms with Crippen LogP contribution in [-0.2, 0) is 17.9 Å². The largest absolute Gasteiger partial charge is 0.355 e. The minimum absolute atomic E-state index is 0.00600. The van der Waals surface area contributed by atoms with E-state index in [-0.39, 0.29) is 5.91 Å². The van der Waals surface area contributed by atoms with Gasteiger partial charge in [-0.2, -0.15) is 0 Å². The molecule has 0 fully saturated rings. The molecule has 1 aromatic rings. The van der Waals surface area contributed by atoms with E-state index in [2.05, 4.69) is 20.8 Å². The molecule has 6 nitrogen and oxygen atoms in total. The highest BCUT2D eigenvalue weighted by Gasteiger charge is 2.00. The second-order valence-electron chi connectivity index (χ2n) is 3.19. The van der Waals surface area contributed by atoms with Gasteiger partial charge in [-0.05, 0) is 6.92 Å². The lowest BCUT2D eigenvalue weighted by Gasteiger charge is -2.05. The van der Waals surface area contributed by atoms with Crippen LogP contribution in [0.3, 0.4) is 0 Å². The zero-order valence-corrected chi connectivity index (χ0v) is 9.16. The Hall–Kier alpha value is -1.43. The second-order valence-corrected chi connectivity index (χ2v) is 3.19. The summed E-state index contributed by atoms with van der Waals surface area (Å²) in [6, 6.07) is 0. The normalized spacial score (nSPS) is 10.3. The molecule has 0 bridgehead atoms. The molecule has 0 aliphatic carbocycles. The summed E-state index contributed by atoms with van der Waals surface area (Å²) in [5.41, 5.74) is 0. The maximum absolute atomic E-state index is 10.6. The van der Waals surface area contributed by atoms with E-state index in [4.69, 9.17) is 0 Å². The zero-order chi connectivity index (χ0) is 11.1. The summed E-state index contributed by atoms with van der Waals surface area (Å²) >= 11 is 0. The van der Waals surface area contributed by atoms with E-state index in [0.29, 0.717) is 13.1 Å². The van der Waals surface area contributed by atoms with Gasteiger partial charge in [-0.15, -0.1) is 10.2 Å². The number of rotatable bonds is 6. The molecule has 1 aromatic heterocycles. The minimum Gasteiger partial charge on any atom is -0.355 e. The van der Waals surface area contributed by atoms with Gasteiger partial charge >= 0.3 is 0 Å². The number of carbonyl (C=O) groups is 1. The van der Waals surface area contributed by atoms with Gasteiger partial charge in [0, 0.05) is 26.6 Å². The van der Waals surface area contributed by atoms with Crippen molar-refractivity contribution < 1.29 is 4.79 Å². The van der Waals surface area contributed by atoms with Crippen molar-refractivity contribution in [3.8, 4) is 0 Å². The molecule has 1 amide bonds. The molecule has 0 saturated carbocycles. The monoisotopic (exact) mass is 211 g/mol. The number of carbonyl (C=O) groups excluding carboxylic acids is 1. The van der Waals surface area contributed by atoms with Crippen molar-refractivity contribution in [1.82, 2.24) is 25.4 Å².